The van der Waals surface area contributed by atoms with Gasteiger partial charge in [0.15, 0.2) is 0 Å². The van der Waals surface area contributed by atoms with Crippen LogP contribution in [0, 0.1) is 0 Å². The van der Waals surface area contributed by atoms with Crippen LogP contribution < -0.4 is 10.6 Å². The fourth-order valence-corrected chi connectivity index (χ4v) is 2.52. The van der Waals surface area contributed by atoms with Crippen LogP contribution in [0.25, 0.3) is 0 Å². The summed E-state index contributed by atoms with van der Waals surface area (Å²) in [5.74, 6) is -0.421. The highest BCUT2D eigenvalue weighted by molar-refractivity contribution is 5.87. The molecule has 2 aliphatic rings. The van der Waals surface area contributed by atoms with Crippen LogP contribution in [0.4, 0.5) is 0 Å². The zero-order valence-corrected chi connectivity index (χ0v) is 9.49. The Hall–Kier alpha value is -1.10. The van der Waals surface area contributed by atoms with Gasteiger partial charge in [0.25, 0.3) is 0 Å². The number of piperazine rings is 1. The van der Waals surface area contributed by atoms with E-state index in [0.29, 0.717) is 6.04 Å². The van der Waals surface area contributed by atoms with E-state index in [9.17, 15) is 9.59 Å². The van der Waals surface area contributed by atoms with Crippen LogP contribution in [0.1, 0.15) is 32.1 Å². The lowest BCUT2D eigenvalue weighted by Gasteiger charge is -2.40. The van der Waals surface area contributed by atoms with Crippen LogP contribution in [0.2, 0.25) is 0 Å². The molecule has 90 valence electrons. The van der Waals surface area contributed by atoms with Crippen molar-refractivity contribution in [2.45, 2.75) is 50.2 Å². The molecule has 1 aliphatic carbocycles. The highest BCUT2D eigenvalue weighted by atomic mass is 16.5. The van der Waals surface area contributed by atoms with E-state index in [2.05, 4.69) is 15.4 Å². The maximum absolute atomic E-state index is 11.7. The predicted octanol–water partition coefficient (Wildman–Crippen LogP) is -0.0513. The molecule has 5 heteroatoms. The lowest BCUT2D eigenvalue weighted by atomic mass is 9.87. The van der Waals surface area contributed by atoms with Gasteiger partial charge in [0.2, 0.25) is 5.91 Å². The molecule has 0 unspecified atom stereocenters. The number of hydrogen-bond donors (Lipinski definition) is 2. The number of rotatable bonds is 2. The SMILES string of the molecule is COC(=O)C[C@H]1N[C@H]2CCCC[C@@H]2NC1=O. The molecule has 0 aromatic heterocycles. The van der Waals surface area contributed by atoms with Crippen LogP contribution >= 0.6 is 0 Å². The maximum atomic E-state index is 11.7. The molecule has 2 rings (SSSR count). The number of carbonyl (C=O) groups is 2. The normalized spacial score (nSPS) is 33.8. The topological polar surface area (TPSA) is 67.4 Å². The zero-order chi connectivity index (χ0) is 11.5. The first kappa shape index (κ1) is 11.4. The zero-order valence-electron chi connectivity index (χ0n) is 9.49. The number of hydrogen-bond acceptors (Lipinski definition) is 4. The van der Waals surface area contributed by atoms with Gasteiger partial charge in [-0.1, -0.05) is 12.8 Å². The van der Waals surface area contributed by atoms with Crippen molar-refractivity contribution in [1.82, 2.24) is 10.6 Å². The highest BCUT2D eigenvalue weighted by Gasteiger charge is 2.37. The first-order valence-electron chi connectivity index (χ1n) is 5.84. The average molecular weight is 226 g/mol. The van der Waals surface area contributed by atoms with Gasteiger partial charge in [-0.3, -0.25) is 9.59 Å². The summed E-state index contributed by atoms with van der Waals surface area (Å²) in [7, 11) is 1.34. The van der Waals surface area contributed by atoms with E-state index in [0.717, 1.165) is 12.8 Å². The number of carbonyl (C=O) groups excluding carboxylic acids is 2. The van der Waals surface area contributed by atoms with Gasteiger partial charge in [-0.25, -0.2) is 0 Å². The third kappa shape index (κ3) is 2.35. The Balaban J connectivity index is 1.95. The molecule has 1 aliphatic heterocycles. The fraction of sp³-hybridized carbons (Fsp3) is 0.818. The molecule has 0 spiro atoms. The summed E-state index contributed by atoms with van der Waals surface area (Å²) in [6.07, 6.45) is 4.59. The van der Waals surface area contributed by atoms with Crippen molar-refractivity contribution in [2.24, 2.45) is 0 Å². The van der Waals surface area contributed by atoms with Gasteiger partial charge >= 0.3 is 5.97 Å². The number of ether oxygens (including phenoxy) is 1. The molecule has 0 aromatic rings. The summed E-state index contributed by atoms with van der Waals surface area (Å²) in [6.45, 7) is 0. The largest absolute Gasteiger partial charge is 0.469 e. The lowest BCUT2D eigenvalue weighted by molar-refractivity contribution is -0.144. The Morgan fingerprint density at radius 1 is 1.38 bits per heavy atom. The third-order valence-corrected chi connectivity index (χ3v) is 3.42. The van der Waals surface area contributed by atoms with Gasteiger partial charge in [0.05, 0.1) is 19.6 Å². The average Bonchev–Trinajstić information content (AvgIpc) is 2.30. The van der Waals surface area contributed by atoms with E-state index in [1.165, 1.54) is 20.0 Å². The summed E-state index contributed by atoms with van der Waals surface area (Å²) in [6, 6.07) is 0.142. The molecular weight excluding hydrogens is 208 g/mol. The van der Waals surface area contributed by atoms with E-state index in [1.807, 2.05) is 0 Å². The second-order valence-corrected chi connectivity index (χ2v) is 4.51. The van der Waals surface area contributed by atoms with E-state index in [4.69, 9.17) is 0 Å². The summed E-state index contributed by atoms with van der Waals surface area (Å²) < 4.78 is 4.58. The highest BCUT2D eigenvalue weighted by Crippen LogP contribution is 2.22. The van der Waals surface area contributed by atoms with Crippen molar-refractivity contribution in [3.63, 3.8) is 0 Å². The Morgan fingerprint density at radius 2 is 2.06 bits per heavy atom. The Bertz CT molecular complexity index is 293. The minimum atomic E-state index is -0.424. The van der Waals surface area contributed by atoms with Crippen LogP contribution in [0.3, 0.4) is 0 Å². The molecule has 1 saturated heterocycles. The van der Waals surface area contributed by atoms with Gasteiger partial charge < -0.3 is 15.4 Å². The first-order valence-corrected chi connectivity index (χ1v) is 5.84. The molecule has 0 aromatic carbocycles. The minimum Gasteiger partial charge on any atom is -0.469 e. The van der Waals surface area contributed by atoms with Crippen LogP contribution in [-0.4, -0.2) is 37.1 Å². The second kappa shape index (κ2) is 4.82. The van der Waals surface area contributed by atoms with E-state index >= 15 is 0 Å². The molecule has 2 N–H and O–H groups in total. The standard InChI is InChI=1S/C11H18N2O3/c1-16-10(14)6-9-11(15)13-8-5-3-2-4-7(8)12-9/h7-9,12H,2-6H2,1H3,(H,13,15)/t7-,8-,9+/m0/s1. The smallest absolute Gasteiger partial charge is 0.307 e. The van der Waals surface area contributed by atoms with Crippen LogP contribution in [0.5, 0.6) is 0 Å². The summed E-state index contributed by atoms with van der Waals surface area (Å²) >= 11 is 0. The van der Waals surface area contributed by atoms with Gasteiger partial charge in [0, 0.05) is 12.1 Å². The Labute approximate surface area is 94.9 Å². The third-order valence-electron chi connectivity index (χ3n) is 3.42. The van der Waals surface area contributed by atoms with E-state index in [1.54, 1.807) is 0 Å². The fourth-order valence-electron chi connectivity index (χ4n) is 2.52. The van der Waals surface area contributed by atoms with Crippen molar-refractivity contribution >= 4 is 11.9 Å². The van der Waals surface area contributed by atoms with Gasteiger partial charge in [0.1, 0.15) is 0 Å². The predicted molar refractivity (Wildman–Crippen MR) is 57.7 cm³/mol. The van der Waals surface area contributed by atoms with Gasteiger partial charge in [-0.15, -0.1) is 0 Å². The van der Waals surface area contributed by atoms with E-state index in [-0.39, 0.29) is 24.3 Å². The van der Waals surface area contributed by atoms with Crippen molar-refractivity contribution in [2.75, 3.05) is 7.11 Å². The first-order chi connectivity index (χ1) is 7.70. The maximum Gasteiger partial charge on any atom is 0.307 e. The summed E-state index contributed by atoms with van der Waals surface area (Å²) in [4.78, 5) is 22.9. The molecule has 5 nitrogen and oxygen atoms in total. The second-order valence-electron chi connectivity index (χ2n) is 4.51. The number of amides is 1. The van der Waals surface area contributed by atoms with E-state index < -0.39 is 6.04 Å². The Kier molecular flexibility index (Phi) is 3.43. The molecule has 2 fully saturated rings. The van der Waals surface area contributed by atoms with Crippen molar-refractivity contribution < 1.29 is 14.3 Å². The molecule has 3 atom stereocenters. The number of nitrogens with one attached hydrogen (secondary N) is 2. The van der Waals surface area contributed by atoms with Gasteiger partial charge in [-0.2, -0.15) is 0 Å². The molecular formula is C11H18N2O3. The molecule has 16 heavy (non-hydrogen) atoms. The minimum absolute atomic E-state index is 0.0754. The summed E-state index contributed by atoms with van der Waals surface area (Å²) in [5.41, 5.74) is 0. The van der Waals surface area contributed by atoms with Crippen LogP contribution in [0.15, 0.2) is 0 Å². The Morgan fingerprint density at radius 3 is 2.75 bits per heavy atom. The molecule has 1 amide bonds. The number of fused-ring (bicyclic) bond motifs is 1. The van der Waals surface area contributed by atoms with Crippen LogP contribution in [-0.2, 0) is 14.3 Å². The molecule has 1 heterocycles. The van der Waals surface area contributed by atoms with Crippen molar-refractivity contribution in [1.29, 1.82) is 0 Å². The number of methoxy groups -OCH3 is 1. The van der Waals surface area contributed by atoms with Crippen molar-refractivity contribution in [3.05, 3.63) is 0 Å². The monoisotopic (exact) mass is 226 g/mol. The van der Waals surface area contributed by atoms with Crippen molar-refractivity contribution in [3.8, 4) is 0 Å². The quantitative estimate of drug-likeness (QED) is 0.648. The molecule has 1 saturated carbocycles. The summed E-state index contributed by atoms with van der Waals surface area (Å²) in [5, 5.41) is 6.25. The lowest BCUT2D eigenvalue weighted by Crippen LogP contribution is -2.65. The van der Waals surface area contributed by atoms with Gasteiger partial charge in [-0.05, 0) is 12.8 Å². The molecule has 0 bridgehead atoms. The molecule has 0 radical (unpaired) electrons. The number of esters is 1.